The van der Waals surface area contributed by atoms with Crippen molar-refractivity contribution in [3.8, 4) is 0 Å². The summed E-state index contributed by atoms with van der Waals surface area (Å²) in [6, 6.07) is 12.8. The fourth-order valence-electron chi connectivity index (χ4n) is 2.04. The van der Waals surface area contributed by atoms with E-state index in [1.54, 1.807) is 0 Å². The molecular formula is C14H12NPS. The minimum atomic E-state index is 0.834. The Labute approximate surface area is 106 Å². The van der Waals surface area contributed by atoms with Crippen molar-refractivity contribution in [1.82, 2.24) is 0 Å². The van der Waals surface area contributed by atoms with Crippen molar-refractivity contribution in [3.63, 3.8) is 0 Å². The molecule has 2 aromatic carbocycles. The van der Waals surface area contributed by atoms with Crippen LogP contribution in [-0.2, 0) is 0 Å². The molecule has 3 rings (SSSR count). The van der Waals surface area contributed by atoms with E-state index < -0.39 is 0 Å². The normalized spacial score (nSPS) is 11.8. The first-order valence-corrected chi connectivity index (χ1v) is 7.64. The number of anilines is 1. The number of fused-ring (bicyclic) bond motifs is 3. The molecule has 1 aromatic heterocycles. The highest BCUT2D eigenvalue weighted by molar-refractivity contribution is 7.38. The van der Waals surface area contributed by atoms with Gasteiger partial charge in [-0.2, -0.15) is 0 Å². The van der Waals surface area contributed by atoms with Gasteiger partial charge in [0.15, 0.2) is 0 Å². The van der Waals surface area contributed by atoms with Crippen LogP contribution in [0.1, 0.15) is 5.56 Å². The number of nitrogens with two attached hydrogens (primary N) is 1. The van der Waals surface area contributed by atoms with Crippen molar-refractivity contribution < 1.29 is 0 Å². The van der Waals surface area contributed by atoms with E-state index in [4.69, 9.17) is 5.73 Å². The third-order valence-electron chi connectivity index (χ3n) is 2.80. The van der Waals surface area contributed by atoms with Crippen LogP contribution in [-0.4, -0.2) is 12.5 Å². The quantitative estimate of drug-likeness (QED) is 0.508. The number of thiophene rings is 1. The maximum atomic E-state index is 5.87. The summed E-state index contributed by atoms with van der Waals surface area (Å²) in [6.45, 7) is 2.13. The summed E-state index contributed by atoms with van der Waals surface area (Å²) in [7, 11) is 1.29. The van der Waals surface area contributed by atoms with Crippen LogP contribution < -0.4 is 5.73 Å². The highest BCUT2D eigenvalue weighted by Crippen LogP contribution is 2.35. The van der Waals surface area contributed by atoms with Crippen LogP contribution in [0.2, 0.25) is 0 Å². The Morgan fingerprint density at radius 1 is 1.06 bits per heavy atom. The zero-order valence-corrected chi connectivity index (χ0v) is 11.2. The summed E-state index contributed by atoms with van der Waals surface area (Å²) in [5.41, 5.74) is 7.98. The molecule has 17 heavy (non-hydrogen) atoms. The molecule has 0 unspecified atom stereocenters. The predicted molar refractivity (Wildman–Crippen MR) is 81.8 cm³/mol. The lowest BCUT2D eigenvalue weighted by molar-refractivity contribution is 1.78. The molecule has 0 aliphatic carbocycles. The number of rotatable bonds is 1. The molecule has 0 atom stereocenters. The van der Waals surface area contributed by atoms with Crippen LogP contribution in [0.15, 0.2) is 36.4 Å². The molecule has 0 amide bonds. The number of benzene rings is 2. The largest absolute Gasteiger partial charge is 0.399 e. The number of hydrogen-bond acceptors (Lipinski definition) is 2. The molecule has 2 N–H and O–H groups in total. The summed E-state index contributed by atoms with van der Waals surface area (Å²) >= 11 is 1.83. The van der Waals surface area contributed by atoms with Crippen molar-refractivity contribution in [1.29, 1.82) is 0 Å². The van der Waals surface area contributed by atoms with Gasteiger partial charge in [0.2, 0.25) is 0 Å². The average molecular weight is 257 g/mol. The molecule has 1 nitrogen and oxygen atoms in total. The first kappa shape index (κ1) is 10.8. The molecule has 84 valence electrons. The van der Waals surface area contributed by atoms with E-state index in [1.165, 1.54) is 33.9 Å². The van der Waals surface area contributed by atoms with Crippen LogP contribution in [0, 0.1) is 0 Å². The van der Waals surface area contributed by atoms with Crippen LogP contribution >= 0.6 is 19.5 Å². The lowest BCUT2D eigenvalue weighted by Crippen LogP contribution is -1.82. The third kappa shape index (κ3) is 1.84. The summed E-state index contributed by atoms with van der Waals surface area (Å²) < 4.78 is 2.64. The molecule has 0 aliphatic heterocycles. The fourth-order valence-corrected chi connectivity index (χ4v) is 3.57. The van der Waals surface area contributed by atoms with Crippen LogP contribution in [0.3, 0.4) is 0 Å². The van der Waals surface area contributed by atoms with E-state index in [9.17, 15) is 0 Å². The van der Waals surface area contributed by atoms with Gasteiger partial charge in [-0.25, -0.2) is 0 Å². The fraction of sp³-hybridized carbons (Fsp3) is 0.0714. The van der Waals surface area contributed by atoms with E-state index in [2.05, 4.69) is 42.8 Å². The summed E-state index contributed by atoms with van der Waals surface area (Å²) in [4.78, 5) is 0. The van der Waals surface area contributed by atoms with Gasteiger partial charge in [-0.05, 0) is 48.4 Å². The monoisotopic (exact) mass is 257 g/mol. The minimum Gasteiger partial charge on any atom is -0.399 e. The average Bonchev–Trinajstić information content (AvgIpc) is 2.67. The van der Waals surface area contributed by atoms with E-state index in [0.29, 0.717) is 0 Å². The van der Waals surface area contributed by atoms with Gasteiger partial charge in [-0.15, -0.1) is 19.5 Å². The lowest BCUT2D eigenvalue weighted by Gasteiger charge is -1.96. The highest BCUT2D eigenvalue weighted by Gasteiger charge is 2.05. The van der Waals surface area contributed by atoms with E-state index in [-0.39, 0.29) is 0 Å². The molecule has 0 fully saturated rings. The maximum absolute atomic E-state index is 5.87. The smallest absolute Gasteiger partial charge is 0.0356 e. The van der Waals surface area contributed by atoms with Crippen molar-refractivity contribution in [2.75, 3.05) is 12.4 Å². The Balaban J connectivity index is 2.39. The lowest BCUT2D eigenvalue weighted by atomic mass is 10.1. The molecular weight excluding hydrogens is 245 g/mol. The topological polar surface area (TPSA) is 26.0 Å². The number of hydrogen-bond donors (Lipinski definition) is 1. The molecule has 0 bridgehead atoms. The van der Waals surface area contributed by atoms with Gasteiger partial charge in [0.05, 0.1) is 0 Å². The Morgan fingerprint density at radius 2 is 1.76 bits per heavy atom. The highest BCUT2D eigenvalue weighted by atomic mass is 32.1. The molecule has 1 heterocycles. The van der Waals surface area contributed by atoms with Gasteiger partial charge in [0.25, 0.3) is 0 Å². The molecule has 0 spiro atoms. The predicted octanol–water partition coefficient (Wildman–Crippen LogP) is 4.36. The third-order valence-corrected chi connectivity index (χ3v) is 4.50. The van der Waals surface area contributed by atoms with Crippen molar-refractivity contribution in [2.45, 2.75) is 0 Å². The van der Waals surface area contributed by atoms with Crippen molar-refractivity contribution in [3.05, 3.63) is 42.0 Å². The van der Waals surface area contributed by atoms with Crippen LogP contribution in [0.25, 0.3) is 20.2 Å². The first-order chi connectivity index (χ1) is 8.28. The van der Waals surface area contributed by atoms with Crippen molar-refractivity contribution >= 4 is 51.2 Å². The Kier molecular flexibility index (Phi) is 2.62. The van der Waals surface area contributed by atoms with Gasteiger partial charge in [0, 0.05) is 25.9 Å². The van der Waals surface area contributed by atoms with E-state index >= 15 is 0 Å². The second kappa shape index (κ2) is 4.14. The maximum Gasteiger partial charge on any atom is 0.0356 e. The summed E-state index contributed by atoms with van der Waals surface area (Å²) in [6.07, 6.45) is 0. The molecule has 3 heteroatoms. The van der Waals surface area contributed by atoms with Gasteiger partial charge in [-0.1, -0.05) is 6.07 Å². The molecule has 0 saturated carbocycles. The van der Waals surface area contributed by atoms with Gasteiger partial charge < -0.3 is 5.73 Å². The Bertz CT molecular complexity index is 727. The van der Waals surface area contributed by atoms with Crippen LogP contribution in [0.4, 0.5) is 5.69 Å². The Morgan fingerprint density at radius 3 is 2.53 bits per heavy atom. The van der Waals surface area contributed by atoms with Gasteiger partial charge in [0.1, 0.15) is 0 Å². The number of nitrogen functional groups attached to an aromatic ring is 1. The molecule has 0 radical (unpaired) electrons. The zero-order valence-electron chi connectivity index (χ0n) is 9.47. The van der Waals surface area contributed by atoms with Crippen LogP contribution in [0.5, 0.6) is 0 Å². The zero-order chi connectivity index (χ0) is 11.8. The first-order valence-electron chi connectivity index (χ1n) is 5.42. The van der Waals surface area contributed by atoms with Gasteiger partial charge >= 0.3 is 0 Å². The second-order valence-corrected chi connectivity index (χ2v) is 5.86. The van der Waals surface area contributed by atoms with E-state index in [0.717, 1.165) is 5.69 Å². The summed E-state index contributed by atoms with van der Waals surface area (Å²) in [5, 5.41) is 2.59. The minimum absolute atomic E-state index is 0.834. The molecule has 0 aliphatic rings. The molecule has 0 saturated heterocycles. The standard InChI is InChI=1S/C14H12NPS/c1-16-8-9-2-4-13-11(6-9)12-7-10(15)3-5-14(12)17-13/h2-8H,15H2,1H3. The molecule has 3 aromatic rings. The Hall–Kier alpha value is -1.37. The summed E-state index contributed by atoms with van der Waals surface area (Å²) in [5.74, 6) is 2.22. The van der Waals surface area contributed by atoms with E-state index in [1.807, 2.05) is 17.4 Å². The van der Waals surface area contributed by atoms with Gasteiger partial charge in [-0.3, -0.25) is 0 Å². The SMILES string of the molecule is C/P=C\c1ccc2sc3ccc(N)cc3c2c1. The second-order valence-electron chi connectivity index (χ2n) is 4.00. The van der Waals surface area contributed by atoms with Crippen molar-refractivity contribution in [2.24, 2.45) is 0 Å².